The Kier molecular flexibility index (Phi) is 4.35. The van der Waals surface area contributed by atoms with Crippen molar-refractivity contribution in [3.8, 4) is 0 Å². The van der Waals surface area contributed by atoms with E-state index in [0.717, 1.165) is 5.69 Å². The van der Waals surface area contributed by atoms with Crippen LogP contribution < -0.4 is 10.2 Å². The highest BCUT2D eigenvalue weighted by Gasteiger charge is 2.13. The van der Waals surface area contributed by atoms with Gasteiger partial charge in [0, 0.05) is 18.3 Å². The van der Waals surface area contributed by atoms with E-state index in [1.54, 1.807) is 4.90 Å². The molecule has 0 spiro atoms. The summed E-state index contributed by atoms with van der Waals surface area (Å²) in [6.07, 6.45) is 0. The molecule has 0 saturated heterocycles. The summed E-state index contributed by atoms with van der Waals surface area (Å²) in [7, 11) is 0. The molecule has 0 bridgehead atoms. The van der Waals surface area contributed by atoms with Gasteiger partial charge < -0.3 is 5.32 Å². The zero-order valence-corrected chi connectivity index (χ0v) is 10.4. The molecule has 1 aromatic carbocycles. The van der Waals surface area contributed by atoms with E-state index in [4.69, 9.17) is 0 Å². The fraction of sp³-hybridized carbons (Fsp3) is 0.462. The van der Waals surface area contributed by atoms with Gasteiger partial charge in [0.25, 0.3) is 0 Å². The summed E-state index contributed by atoms with van der Waals surface area (Å²) in [5.41, 5.74) is 2.13. The third kappa shape index (κ3) is 3.26. The third-order valence-corrected chi connectivity index (χ3v) is 2.32. The Morgan fingerprint density at radius 1 is 1.31 bits per heavy atom. The number of amides is 2. The van der Waals surface area contributed by atoms with Gasteiger partial charge in [-0.15, -0.1) is 0 Å². The normalized spacial score (nSPS) is 10.3. The van der Waals surface area contributed by atoms with Crippen LogP contribution in [0, 0.1) is 6.92 Å². The number of anilines is 1. The van der Waals surface area contributed by atoms with Crippen LogP contribution in [0.4, 0.5) is 10.5 Å². The predicted molar refractivity (Wildman–Crippen MR) is 67.9 cm³/mol. The Bertz CT molecular complexity index is 343. The van der Waals surface area contributed by atoms with Gasteiger partial charge in [0.15, 0.2) is 0 Å². The van der Waals surface area contributed by atoms with Crippen molar-refractivity contribution in [3.05, 3.63) is 29.8 Å². The van der Waals surface area contributed by atoms with E-state index in [1.807, 2.05) is 52.0 Å². The van der Waals surface area contributed by atoms with Crippen LogP contribution in [0.15, 0.2) is 24.3 Å². The molecule has 0 radical (unpaired) electrons. The SMILES string of the molecule is CCN(C(=O)NC(C)C)c1ccc(C)cc1. The number of hydrogen-bond donors (Lipinski definition) is 1. The quantitative estimate of drug-likeness (QED) is 0.834. The van der Waals surface area contributed by atoms with Crippen LogP contribution in [-0.4, -0.2) is 18.6 Å². The van der Waals surface area contributed by atoms with Gasteiger partial charge in [0.2, 0.25) is 0 Å². The first kappa shape index (κ1) is 12.6. The molecule has 1 aromatic rings. The second-order valence-corrected chi connectivity index (χ2v) is 4.18. The standard InChI is InChI=1S/C13H20N2O/c1-5-15(13(16)14-10(2)3)12-8-6-11(4)7-9-12/h6-10H,5H2,1-4H3,(H,14,16). The maximum atomic E-state index is 11.9. The zero-order valence-electron chi connectivity index (χ0n) is 10.4. The number of benzene rings is 1. The van der Waals surface area contributed by atoms with Gasteiger partial charge in [-0.2, -0.15) is 0 Å². The van der Waals surface area contributed by atoms with E-state index in [2.05, 4.69) is 5.32 Å². The largest absolute Gasteiger partial charge is 0.336 e. The summed E-state index contributed by atoms with van der Waals surface area (Å²) in [4.78, 5) is 13.6. The number of nitrogens with one attached hydrogen (secondary N) is 1. The van der Waals surface area contributed by atoms with Crippen molar-refractivity contribution in [1.82, 2.24) is 5.32 Å². The Hall–Kier alpha value is -1.51. The van der Waals surface area contributed by atoms with Crippen LogP contribution in [0.25, 0.3) is 0 Å². The summed E-state index contributed by atoms with van der Waals surface area (Å²) in [6.45, 7) is 8.59. The van der Waals surface area contributed by atoms with Crippen LogP contribution in [0.3, 0.4) is 0 Å². The Balaban J connectivity index is 2.81. The van der Waals surface area contributed by atoms with Crippen molar-refractivity contribution < 1.29 is 4.79 Å². The molecule has 0 aliphatic heterocycles. The fourth-order valence-corrected chi connectivity index (χ4v) is 1.49. The lowest BCUT2D eigenvalue weighted by molar-refractivity contribution is 0.244. The van der Waals surface area contributed by atoms with Crippen LogP contribution in [0.2, 0.25) is 0 Å². The average Bonchev–Trinajstić information content (AvgIpc) is 2.21. The Morgan fingerprint density at radius 2 is 1.88 bits per heavy atom. The Labute approximate surface area is 97.5 Å². The van der Waals surface area contributed by atoms with Crippen molar-refractivity contribution in [2.75, 3.05) is 11.4 Å². The number of carbonyl (C=O) groups is 1. The van der Waals surface area contributed by atoms with Gasteiger partial charge in [-0.1, -0.05) is 17.7 Å². The van der Waals surface area contributed by atoms with Gasteiger partial charge in [-0.05, 0) is 39.8 Å². The first-order chi connectivity index (χ1) is 7.54. The topological polar surface area (TPSA) is 32.3 Å². The average molecular weight is 220 g/mol. The molecule has 0 aromatic heterocycles. The van der Waals surface area contributed by atoms with Gasteiger partial charge in [-0.25, -0.2) is 4.79 Å². The number of nitrogens with zero attached hydrogens (tertiary/aromatic N) is 1. The van der Waals surface area contributed by atoms with Crippen molar-refractivity contribution >= 4 is 11.7 Å². The molecule has 1 N–H and O–H groups in total. The van der Waals surface area contributed by atoms with Crippen molar-refractivity contribution in [1.29, 1.82) is 0 Å². The molecule has 0 aliphatic carbocycles. The highest BCUT2D eigenvalue weighted by Crippen LogP contribution is 2.14. The molecule has 0 atom stereocenters. The number of hydrogen-bond acceptors (Lipinski definition) is 1. The molecule has 88 valence electrons. The molecule has 0 fully saturated rings. The van der Waals surface area contributed by atoms with E-state index in [0.29, 0.717) is 6.54 Å². The minimum atomic E-state index is -0.0404. The summed E-state index contributed by atoms with van der Waals surface area (Å²) in [6, 6.07) is 8.09. The van der Waals surface area contributed by atoms with Crippen LogP contribution in [0.1, 0.15) is 26.3 Å². The van der Waals surface area contributed by atoms with E-state index < -0.39 is 0 Å². The molecule has 2 amide bonds. The number of aryl methyl sites for hydroxylation is 1. The first-order valence-electron chi connectivity index (χ1n) is 5.69. The number of urea groups is 1. The third-order valence-electron chi connectivity index (χ3n) is 2.32. The lowest BCUT2D eigenvalue weighted by atomic mass is 10.2. The summed E-state index contributed by atoms with van der Waals surface area (Å²) in [5.74, 6) is 0. The number of carbonyl (C=O) groups excluding carboxylic acids is 1. The molecule has 1 rings (SSSR count). The summed E-state index contributed by atoms with van der Waals surface area (Å²) < 4.78 is 0. The van der Waals surface area contributed by atoms with E-state index in [1.165, 1.54) is 5.56 Å². The first-order valence-corrected chi connectivity index (χ1v) is 5.69. The highest BCUT2D eigenvalue weighted by atomic mass is 16.2. The smallest absolute Gasteiger partial charge is 0.322 e. The van der Waals surface area contributed by atoms with Crippen molar-refractivity contribution in [2.24, 2.45) is 0 Å². The van der Waals surface area contributed by atoms with E-state index in [9.17, 15) is 4.79 Å². The second kappa shape index (κ2) is 5.54. The lowest BCUT2D eigenvalue weighted by Crippen LogP contribution is -2.43. The molecular formula is C13H20N2O. The van der Waals surface area contributed by atoms with Crippen LogP contribution in [-0.2, 0) is 0 Å². The van der Waals surface area contributed by atoms with Gasteiger partial charge in [-0.3, -0.25) is 4.90 Å². The van der Waals surface area contributed by atoms with E-state index >= 15 is 0 Å². The molecule has 0 unspecified atom stereocenters. The maximum Gasteiger partial charge on any atom is 0.322 e. The predicted octanol–water partition coefficient (Wildman–Crippen LogP) is 2.94. The monoisotopic (exact) mass is 220 g/mol. The summed E-state index contributed by atoms with van der Waals surface area (Å²) in [5, 5.41) is 2.89. The van der Waals surface area contributed by atoms with Gasteiger partial charge >= 0.3 is 6.03 Å². The minimum absolute atomic E-state index is 0.0404. The lowest BCUT2D eigenvalue weighted by Gasteiger charge is -2.23. The zero-order chi connectivity index (χ0) is 12.1. The highest BCUT2D eigenvalue weighted by molar-refractivity contribution is 5.92. The van der Waals surface area contributed by atoms with Gasteiger partial charge in [0.05, 0.1) is 0 Å². The molecule has 0 saturated carbocycles. The number of rotatable bonds is 3. The molecule has 0 heterocycles. The molecule has 16 heavy (non-hydrogen) atoms. The second-order valence-electron chi connectivity index (χ2n) is 4.18. The molecule has 0 aliphatic rings. The summed E-state index contributed by atoms with van der Waals surface area (Å²) >= 11 is 0. The van der Waals surface area contributed by atoms with Crippen LogP contribution >= 0.6 is 0 Å². The molecule has 3 nitrogen and oxygen atoms in total. The molecular weight excluding hydrogens is 200 g/mol. The minimum Gasteiger partial charge on any atom is -0.336 e. The van der Waals surface area contributed by atoms with Crippen LogP contribution in [0.5, 0.6) is 0 Å². The van der Waals surface area contributed by atoms with Crippen molar-refractivity contribution in [2.45, 2.75) is 33.7 Å². The van der Waals surface area contributed by atoms with E-state index in [-0.39, 0.29) is 12.1 Å². The fourth-order valence-electron chi connectivity index (χ4n) is 1.49. The maximum absolute atomic E-state index is 11.9. The van der Waals surface area contributed by atoms with Crippen molar-refractivity contribution in [3.63, 3.8) is 0 Å². The molecule has 3 heteroatoms. The van der Waals surface area contributed by atoms with Gasteiger partial charge in [0.1, 0.15) is 0 Å². The Morgan fingerprint density at radius 3 is 2.31 bits per heavy atom.